The fraction of sp³-hybridized carbons (Fsp3) is 0.214. The van der Waals surface area contributed by atoms with Gasteiger partial charge in [0.15, 0.2) is 0 Å². The third-order valence-corrected chi connectivity index (χ3v) is 2.90. The van der Waals surface area contributed by atoms with Gasteiger partial charge in [-0.1, -0.05) is 6.92 Å². The molecule has 1 aromatic carbocycles. The number of nitrogens with one attached hydrogen (secondary N) is 1. The summed E-state index contributed by atoms with van der Waals surface area (Å²) in [5.74, 6) is -1.29. The van der Waals surface area contributed by atoms with Crippen LogP contribution >= 0.6 is 0 Å². The van der Waals surface area contributed by atoms with Crippen molar-refractivity contribution in [1.82, 2.24) is 4.98 Å². The number of pyridine rings is 1. The smallest absolute Gasteiger partial charge is 0.308 e. The molecular weight excluding hydrogens is 242 g/mol. The van der Waals surface area contributed by atoms with E-state index in [1.54, 1.807) is 13.1 Å². The molecule has 0 spiro atoms. The van der Waals surface area contributed by atoms with Gasteiger partial charge in [0, 0.05) is 23.8 Å². The van der Waals surface area contributed by atoms with Crippen LogP contribution in [0.2, 0.25) is 0 Å². The molecule has 5 nitrogen and oxygen atoms in total. The van der Waals surface area contributed by atoms with Crippen LogP contribution < -0.4 is 5.32 Å². The van der Waals surface area contributed by atoms with E-state index in [4.69, 9.17) is 10.4 Å². The summed E-state index contributed by atoms with van der Waals surface area (Å²) in [6, 6.07) is 9.38. The number of carboxylic acids is 1. The first-order valence-corrected chi connectivity index (χ1v) is 5.87. The lowest BCUT2D eigenvalue weighted by Gasteiger charge is -2.10. The van der Waals surface area contributed by atoms with Crippen LogP contribution in [0.1, 0.15) is 12.6 Å². The van der Waals surface area contributed by atoms with Crippen LogP contribution in [0.5, 0.6) is 0 Å². The third kappa shape index (κ3) is 2.80. The number of nitriles is 1. The molecule has 2 rings (SSSR count). The first kappa shape index (κ1) is 12.8. The molecule has 5 heteroatoms. The Hall–Kier alpha value is -2.61. The molecule has 19 heavy (non-hydrogen) atoms. The van der Waals surface area contributed by atoms with Gasteiger partial charge in [0.1, 0.15) is 11.8 Å². The van der Waals surface area contributed by atoms with Crippen molar-refractivity contribution in [3.05, 3.63) is 36.2 Å². The highest BCUT2D eigenvalue weighted by molar-refractivity contribution is 5.89. The molecule has 1 unspecified atom stereocenters. The molecule has 1 atom stereocenters. The lowest BCUT2D eigenvalue weighted by Crippen LogP contribution is -2.19. The Balaban J connectivity index is 2.23. The number of carbonyl (C=O) groups is 1. The van der Waals surface area contributed by atoms with Gasteiger partial charge in [0.2, 0.25) is 0 Å². The van der Waals surface area contributed by atoms with Crippen LogP contribution in [0.4, 0.5) is 5.69 Å². The van der Waals surface area contributed by atoms with Gasteiger partial charge in [0.05, 0.1) is 5.92 Å². The van der Waals surface area contributed by atoms with E-state index in [0.29, 0.717) is 12.2 Å². The summed E-state index contributed by atoms with van der Waals surface area (Å²) in [5.41, 5.74) is 1.22. The van der Waals surface area contributed by atoms with Crippen molar-refractivity contribution in [2.24, 2.45) is 5.92 Å². The molecular formula is C14H13N3O2. The molecule has 1 heterocycles. The van der Waals surface area contributed by atoms with Gasteiger partial charge in [0.25, 0.3) is 0 Å². The van der Waals surface area contributed by atoms with Gasteiger partial charge < -0.3 is 10.4 Å². The second-order valence-corrected chi connectivity index (χ2v) is 4.33. The van der Waals surface area contributed by atoms with Crippen molar-refractivity contribution in [2.45, 2.75) is 6.92 Å². The van der Waals surface area contributed by atoms with Gasteiger partial charge in [-0.25, -0.2) is 4.98 Å². The largest absolute Gasteiger partial charge is 0.481 e. The Labute approximate surface area is 110 Å². The maximum Gasteiger partial charge on any atom is 0.308 e. The van der Waals surface area contributed by atoms with Crippen LogP contribution in [-0.4, -0.2) is 22.6 Å². The van der Waals surface area contributed by atoms with Gasteiger partial charge in [-0.15, -0.1) is 0 Å². The topological polar surface area (TPSA) is 86.0 Å². The molecule has 0 bridgehead atoms. The number of hydrogen-bond donors (Lipinski definition) is 2. The Kier molecular flexibility index (Phi) is 3.62. The fourth-order valence-electron chi connectivity index (χ4n) is 1.74. The molecule has 0 saturated heterocycles. The molecule has 2 N–H and O–H groups in total. The summed E-state index contributed by atoms with van der Waals surface area (Å²) >= 11 is 0. The van der Waals surface area contributed by atoms with Gasteiger partial charge in [-0.05, 0) is 29.7 Å². The molecule has 0 amide bonds. The van der Waals surface area contributed by atoms with Crippen LogP contribution in [0, 0.1) is 17.2 Å². The quantitative estimate of drug-likeness (QED) is 0.875. The van der Waals surface area contributed by atoms with E-state index in [1.165, 1.54) is 0 Å². The van der Waals surface area contributed by atoms with Crippen LogP contribution in [0.25, 0.3) is 10.8 Å². The van der Waals surface area contributed by atoms with E-state index in [1.807, 2.05) is 30.3 Å². The lowest BCUT2D eigenvalue weighted by atomic mass is 10.1. The predicted octanol–water partition coefficient (Wildman–Crippen LogP) is 2.24. The third-order valence-electron chi connectivity index (χ3n) is 2.90. The van der Waals surface area contributed by atoms with E-state index in [-0.39, 0.29) is 0 Å². The number of anilines is 1. The summed E-state index contributed by atoms with van der Waals surface area (Å²) in [5, 5.41) is 22.5. The molecule has 1 aromatic heterocycles. The summed E-state index contributed by atoms with van der Waals surface area (Å²) in [7, 11) is 0. The lowest BCUT2D eigenvalue weighted by molar-refractivity contribution is -0.140. The monoisotopic (exact) mass is 255 g/mol. The van der Waals surface area contributed by atoms with Crippen molar-refractivity contribution in [3.63, 3.8) is 0 Å². The Morgan fingerprint density at radius 3 is 3.00 bits per heavy atom. The molecule has 0 saturated carbocycles. The molecule has 0 radical (unpaired) electrons. The maximum atomic E-state index is 10.7. The van der Waals surface area contributed by atoms with E-state index >= 15 is 0 Å². The molecule has 2 aromatic rings. The van der Waals surface area contributed by atoms with E-state index in [2.05, 4.69) is 10.3 Å². The highest BCUT2D eigenvalue weighted by Crippen LogP contribution is 2.21. The maximum absolute atomic E-state index is 10.7. The van der Waals surface area contributed by atoms with Gasteiger partial charge >= 0.3 is 5.97 Å². The number of nitrogens with zero attached hydrogens (tertiary/aromatic N) is 2. The second kappa shape index (κ2) is 5.36. The number of hydrogen-bond acceptors (Lipinski definition) is 4. The number of benzene rings is 1. The Morgan fingerprint density at radius 1 is 1.53 bits per heavy atom. The highest BCUT2D eigenvalue weighted by atomic mass is 16.4. The van der Waals surface area contributed by atoms with Crippen LogP contribution in [0.15, 0.2) is 30.5 Å². The minimum absolute atomic E-state index is 0.358. The highest BCUT2D eigenvalue weighted by Gasteiger charge is 2.10. The zero-order valence-corrected chi connectivity index (χ0v) is 10.4. The zero-order valence-electron chi connectivity index (χ0n) is 10.4. The summed E-state index contributed by atoms with van der Waals surface area (Å²) < 4.78 is 0. The van der Waals surface area contributed by atoms with E-state index < -0.39 is 11.9 Å². The summed E-state index contributed by atoms with van der Waals surface area (Å²) in [6.07, 6.45) is 1.59. The average Bonchev–Trinajstić information content (AvgIpc) is 2.43. The first-order valence-electron chi connectivity index (χ1n) is 5.87. The number of fused-ring (bicyclic) bond motifs is 1. The second-order valence-electron chi connectivity index (χ2n) is 4.33. The molecule has 96 valence electrons. The van der Waals surface area contributed by atoms with Crippen LogP contribution in [0.3, 0.4) is 0 Å². The van der Waals surface area contributed by atoms with Crippen molar-refractivity contribution in [1.29, 1.82) is 5.26 Å². The Bertz CT molecular complexity index is 661. The van der Waals surface area contributed by atoms with Crippen LogP contribution in [-0.2, 0) is 4.79 Å². The SMILES string of the molecule is CC(CNc1ccc2c(C#N)nccc2c1)C(=O)O. The minimum atomic E-state index is -0.829. The molecule has 0 aliphatic carbocycles. The van der Waals surface area contributed by atoms with E-state index in [0.717, 1.165) is 16.5 Å². The predicted molar refractivity (Wildman–Crippen MR) is 71.7 cm³/mol. The normalized spacial score (nSPS) is 11.8. The van der Waals surface area contributed by atoms with Crippen molar-refractivity contribution in [2.75, 3.05) is 11.9 Å². The molecule has 0 aliphatic rings. The summed E-state index contributed by atoms with van der Waals surface area (Å²) in [6.45, 7) is 2.01. The first-order chi connectivity index (χ1) is 9.11. The zero-order chi connectivity index (χ0) is 13.8. The number of carboxylic acid groups (broad SMARTS) is 1. The van der Waals surface area contributed by atoms with E-state index in [9.17, 15) is 4.79 Å². The number of aliphatic carboxylic acids is 1. The van der Waals surface area contributed by atoms with Crippen molar-refractivity contribution >= 4 is 22.4 Å². The van der Waals surface area contributed by atoms with Crippen molar-refractivity contribution < 1.29 is 9.90 Å². The molecule has 0 fully saturated rings. The average molecular weight is 255 g/mol. The standard InChI is InChI=1S/C14H13N3O2/c1-9(14(18)19)8-17-11-2-3-12-10(6-11)4-5-16-13(12)7-15/h2-6,9,17H,8H2,1H3,(H,18,19). The Morgan fingerprint density at radius 2 is 2.32 bits per heavy atom. The fourth-order valence-corrected chi connectivity index (χ4v) is 1.74. The number of aromatic nitrogens is 1. The molecule has 0 aliphatic heterocycles. The van der Waals surface area contributed by atoms with Crippen molar-refractivity contribution in [3.8, 4) is 6.07 Å². The summed E-state index contributed by atoms with van der Waals surface area (Å²) in [4.78, 5) is 14.7. The van der Waals surface area contributed by atoms with Gasteiger partial charge in [-0.3, -0.25) is 4.79 Å². The minimum Gasteiger partial charge on any atom is -0.481 e. The number of rotatable bonds is 4. The van der Waals surface area contributed by atoms with Gasteiger partial charge in [-0.2, -0.15) is 5.26 Å².